The minimum absolute atomic E-state index is 0.116. The Morgan fingerprint density at radius 1 is 1.24 bits per heavy atom. The fourth-order valence-corrected chi connectivity index (χ4v) is 4.27. The molecule has 38 heavy (non-hydrogen) atoms. The predicted molar refractivity (Wildman–Crippen MR) is 154 cm³/mol. The Labute approximate surface area is 224 Å². The smallest absolute Gasteiger partial charge is 0.291 e. The van der Waals surface area contributed by atoms with Crippen molar-refractivity contribution in [3.63, 3.8) is 0 Å². The maximum atomic E-state index is 13.1. The second kappa shape index (κ2) is 13.9. The molecule has 8 nitrogen and oxygen atoms in total. The van der Waals surface area contributed by atoms with Gasteiger partial charge in [-0.05, 0) is 37.3 Å². The van der Waals surface area contributed by atoms with Gasteiger partial charge in [0.25, 0.3) is 11.9 Å². The quantitative estimate of drug-likeness (QED) is 0.229. The summed E-state index contributed by atoms with van der Waals surface area (Å²) >= 11 is 0. The monoisotopic (exact) mass is 513 g/mol. The van der Waals surface area contributed by atoms with Crippen LogP contribution in [-0.2, 0) is 14.3 Å². The molecule has 0 radical (unpaired) electrons. The highest BCUT2D eigenvalue weighted by Gasteiger charge is 2.26. The molecule has 3 rings (SSSR count). The van der Waals surface area contributed by atoms with Crippen LogP contribution < -0.4 is 11.1 Å². The van der Waals surface area contributed by atoms with Gasteiger partial charge in [-0.1, -0.05) is 80.3 Å². The number of carbonyl (C=O) groups is 1. The summed E-state index contributed by atoms with van der Waals surface area (Å²) in [4.78, 5) is 22.0. The van der Waals surface area contributed by atoms with Crippen molar-refractivity contribution in [3.8, 4) is 0 Å². The largest absolute Gasteiger partial charge is 0.407 e. The van der Waals surface area contributed by atoms with Gasteiger partial charge in [-0.3, -0.25) is 10.2 Å². The molecule has 0 saturated heterocycles. The number of fused-ring (bicyclic) bond motifs is 1. The molecule has 0 saturated carbocycles. The zero-order valence-corrected chi connectivity index (χ0v) is 22.1. The number of amides is 1. The molecular weight excluding hydrogens is 478 g/mol. The second-order valence-corrected chi connectivity index (χ2v) is 8.61. The maximum Gasteiger partial charge on any atom is 0.291 e. The van der Waals surface area contributed by atoms with E-state index >= 15 is 0 Å². The number of benzene rings is 2. The van der Waals surface area contributed by atoms with Gasteiger partial charge >= 0.3 is 0 Å². The number of allylic oxidation sites excluding steroid dienone is 3. The van der Waals surface area contributed by atoms with E-state index in [9.17, 15) is 4.79 Å². The fraction of sp³-hybridized carbons (Fsp3) is 0.267. The number of benzodiazepines with no additional fused rings is 1. The number of nitrogens with zero attached hydrogens (tertiary/aromatic N) is 2. The molecule has 0 spiro atoms. The molecule has 0 aromatic heterocycles. The first kappa shape index (κ1) is 28.3. The lowest BCUT2D eigenvalue weighted by molar-refractivity contribution is -0.117. The molecule has 4 N–H and O–H groups in total. The number of amidine groups is 1. The van der Waals surface area contributed by atoms with Gasteiger partial charge in [-0.2, -0.15) is 4.99 Å². The summed E-state index contributed by atoms with van der Waals surface area (Å²) < 4.78 is 10.9. The van der Waals surface area contributed by atoms with Crippen molar-refractivity contribution in [2.75, 3.05) is 19.0 Å². The molecule has 2 unspecified atom stereocenters. The van der Waals surface area contributed by atoms with E-state index in [-0.39, 0.29) is 17.8 Å². The van der Waals surface area contributed by atoms with Crippen LogP contribution in [0.5, 0.6) is 0 Å². The molecule has 1 aliphatic rings. The van der Waals surface area contributed by atoms with Crippen molar-refractivity contribution in [2.24, 2.45) is 21.6 Å². The van der Waals surface area contributed by atoms with Gasteiger partial charge in [0.1, 0.15) is 0 Å². The Hall–Kier alpha value is -4.30. The lowest BCUT2D eigenvalue weighted by atomic mass is 9.89. The van der Waals surface area contributed by atoms with Crippen LogP contribution in [0.4, 0.5) is 5.69 Å². The number of rotatable bonds is 10. The summed E-state index contributed by atoms with van der Waals surface area (Å²) in [6.07, 6.45) is 5.73. The topological polar surface area (TPSA) is 122 Å². The molecular formula is C30H35N5O3. The first-order chi connectivity index (χ1) is 18.4. The van der Waals surface area contributed by atoms with Gasteiger partial charge in [0, 0.05) is 30.4 Å². The number of anilines is 1. The van der Waals surface area contributed by atoms with Crippen LogP contribution >= 0.6 is 0 Å². The number of hydrogen-bond acceptors (Lipinski definition) is 6. The molecule has 2 aromatic rings. The second-order valence-electron chi connectivity index (χ2n) is 8.61. The average molecular weight is 514 g/mol. The number of methoxy groups -OCH3 is 1. The van der Waals surface area contributed by atoms with Crippen molar-refractivity contribution < 1.29 is 14.3 Å². The summed E-state index contributed by atoms with van der Waals surface area (Å²) in [6.45, 7) is 8.47. The molecule has 1 aliphatic heterocycles. The summed E-state index contributed by atoms with van der Waals surface area (Å²) in [5.41, 5.74) is 10.3. The van der Waals surface area contributed by atoms with Crippen molar-refractivity contribution in [1.82, 2.24) is 0 Å². The van der Waals surface area contributed by atoms with E-state index in [2.05, 4.69) is 28.8 Å². The first-order valence-electron chi connectivity index (χ1n) is 12.5. The average Bonchev–Trinajstić information content (AvgIpc) is 3.06. The molecule has 2 atom stereocenters. The van der Waals surface area contributed by atoms with Gasteiger partial charge in [-0.15, -0.1) is 0 Å². The minimum atomic E-state index is -1.21. The summed E-state index contributed by atoms with van der Waals surface area (Å²) in [7, 11) is 1.66. The number of nitrogens with one attached hydrogen (secondary N) is 2. The van der Waals surface area contributed by atoms with E-state index in [1.54, 1.807) is 19.3 Å². The predicted octanol–water partition coefficient (Wildman–Crippen LogP) is 5.23. The standard InChI is InChI=1S/C30H35N5O3/c1-5-13-23(22(7-3)20(6-2)18-19-37-4)27(31)38-30(32)35-28-29(36)33-25-17-12-11-16-24(25)26(34-28)21-14-9-8-10-15-21/h5,7-17,20,28,31H,3,6,18-19H2,1-2,4H3,(H2,32,35)(H,33,36)/b13-5-,23-22-,31-27?. The molecule has 0 bridgehead atoms. The number of hydrogen-bond donors (Lipinski definition) is 3. The highest BCUT2D eigenvalue weighted by atomic mass is 16.5. The normalized spacial score (nSPS) is 17.0. The fourth-order valence-electron chi connectivity index (χ4n) is 4.27. The number of nitrogens with two attached hydrogens (primary N) is 1. The Morgan fingerprint density at radius 2 is 1.95 bits per heavy atom. The Kier molecular flexibility index (Phi) is 10.3. The van der Waals surface area contributed by atoms with Crippen molar-refractivity contribution >= 4 is 29.2 Å². The Bertz CT molecular complexity index is 1280. The van der Waals surface area contributed by atoms with E-state index < -0.39 is 12.1 Å². The van der Waals surface area contributed by atoms with Crippen molar-refractivity contribution in [1.29, 1.82) is 5.41 Å². The number of aliphatic imine (C=N–C) groups is 2. The molecule has 198 valence electrons. The lowest BCUT2D eigenvalue weighted by Gasteiger charge is -2.19. The molecule has 0 aliphatic carbocycles. The third kappa shape index (κ3) is 6.92. The highest BCUT2D eigenvalue weighted by Crippen LogP contribution is 2.26. The lowest BCUT2D eigenvalue weighted by Crippen LogP contribution is -2.29. The molecule has 0 fully saturated rings. The van der Waals surface area contributed by atoms with E-state index in [4.69, 9.17) is 20.6 Å². The third-order valence-electron chi connectivity index (χ3n) is 6.14. The van der Waals surface area contributed by atoms with Crippen LogP contribution in [0.2, 0.25) is 0 Å². The van der Waals surface area contributed by atoms with Crippen LogP contribution in [0.15, 0.2) is 101 Å². The highest BCUT2D eigenvalue weighted by molar-refractivity contribution is 6.19. The summed E-state index contributed by atoms with van der Waals surface area (Å²) in [5.74, 6) is -0.535. The molecule has 8 heteroatoms. The van der Waals surface area contributed by atoms with Crippen molar-refractivity contribution in [3.05, 3.63) is 102 Å². The zero-order chi connectivity index (χ0) is 27.5. The van der Waals surface area contributed by atoms with Gasteiger partial charge in [0.05, 0.1) is 11.4 Å². The van der Waals surface area contributed by atoms with Crippen LogP contribution in [0.1, 0.15) is 37.8 Å². The minimum Gasteiger partial charge on any atom is -0.407 e. The van der Waals surface area contributed by atoms with Gasteiger partial charge in [-0.25, -0.2) is 4.99 Å². The van der Waals surface area contributed by atoms with E-state index in [0.29, 0.717) is 23.6 Å². The van der Waals surface area contributed by atoms with Crippen LogP contribution in [0.3, 0.4) is 0 Å². The first-order valence-corrected chi connectivity index (χ1v) is 12.5. The van der Waals surface area contributed by atoms with Crippen molar-refractivity contribution in [2.45, 2.75) is 32.9 Å². The summed E-state index contributed by atoms with van der Waals surface area (Å²) in [5, 5.41) is 11.5. The van der Waals surface area contributed by atoms with E-state index in [1.807, 2.05) is 67.6 Å². The Morgan fingerprint density at radius 3 is 2.61 bits per heavy atom. The number of ether oxygens (including phenoxy) is 2. The summed E-state index contributed by atoms with van der Waals surface area (Å²) in [6, 6.07) is 16.6. The van der Waals surface area contributed by atoms with Gasteiger partial charge < -0.3 is 20.5 Å². The van der Waals surface area contributed by atoms with Crippen LogP contribution in [0.25, 0.3) is 0 Å². The SMILES string of the molecule is C=C/C(=C(\C=C/C)C(=N)O/C(N)=N/C1N=C(c2ccccc2)c2ccccc2NC1=O)C(CC)CCOC. The maximum absolute atomic E-state index is 13.1. The molecule has 1 heterocycles. The van der Waals surface area contributed by atoms with Gasteiger partial charge in [0.15, 0.2) is 0 Å². The number of para-hydroxylation sites is 1. The zero-order valence-electron chi connectivity index (χ0n) is 22.1. The molecule has 2 aromatic carbocycles. The third-order valence-corrected chi connectivity index (χ3v) is 6.14. The van der Waals surface area contributed by atoms with E-state index in [0.717, 1.165) is 29.5 Å². The number of carbonyl (C=O) groups excluding carboxylic acids is 1. The van der Waals surface area contributed by atoms with Crippen LogP contribution in [-0.4, -0.2) is 43.4 Å². The van der Waals surface area contributed by atoms with E-state index in [1.165, 1.54) is 0 Å². The molecule has 1 amide bonds. The van der Waals surface area contributed by atoms with Crippen LogP contribution in [0, 0.1) is 11.3 Å². The van der Waals surface area contributed by atoms with Gasteiger partial charge in [0.2, 0.25) is 12.1 Å². The Balaban J connectivity index is 1.96.